The van der Waals surface area contributed by atoms with Crippen molar-refractivity contribution in [2.24, 2.45) is 11.3 Å². The number of aromatic nitrogens is 1. The molecule has 1 aromatic rings. The van der Waals surface area contributed by atoms with Gasteiger partial charge in [-0.05, 0) is 43.5 Å². The molecule has 0 aromatic carbocycles. The van der Waals surface area contributed by atoms with E-state index in [1.807, 2.05) is 4.90 Å². The number of hydrogen-bond donors (Lipinski definition) is 2. The van der Waals surface area contributed by atoms with Gasteiger partial charge < -0.3 is 15.3 Å². The highest BCUT2D eigenvalue weighted by atomic mass is 16.3. The lowest BCUT2D eigenvalue weighted by Gasteiger charge is -2.37. The van der Waals surface area contributed by atoms with Crippen LogP contribution in [0, 0.1) is 11.3 Å². The first-order chi connectivity index (χ1) is 9.75. The number of pyridine rings is 1. The normalized spacial score (nSPS) is 25.1. The van der Waals surface area contributed by atoms with E-state index in [0.29, 0.717) is 12.1 Å². The number of nitrogens with zero attached hydrogens (tertiary/aromatic N) is 2. The van der Waals surface area contributed by atoms with Crippen molar-refractivity contribution in [3.8, 4) is 0 Å². The number of piperidine rings is 1. The van der Waals surface area contributed by atoms with Crippen LogP contribution in [0.5, 0.6) is 0 Å². The average Bonchev–Trinajstić information content (AvgIpc) is 2.86. The van der Waals surface area contributed by atoms with Crippen LogP contribution in [0.3, 0.4) is 0 Å². The van der Waals surface area contributed by atoms with E-state index in [2.05, 4.69) is 10.3 Å². The molecule has 1 atom stereocenters. The van der Waals surface area contributed by atoms with Gasteiger partial charge in [-0.1, -0.05) is 0 Å². The van der Waals surface area contributed by atoms with Gasteiger partial charge in [0, 0.05) is 43.6 Å². The maximum absolute atomic E-state index is 12.5. The second-order valence-corrected chi connectivity index (χ2v) is 5.91. The van der Waals surface area contributed by atoms with E-state index in [-0.39, 0.29) is 23.8 Å². The van der Waals surface area contributed by atoms with E-state index in [9.17, 15) is 9.90 Å². The summed E-state index contributed by atoms with van der Waals surface area (Å²) in [5.74, 6) is 0.261. The minimum atomic E-state index is 0.0567. The Hall–Kier alpha value is -1.46. The summed E-state index contributed by atoms with van der Waals surface area (Å²) in [5.41, 5.74) is 0.783. The van der Waals surface area contributed by atoms with Gasteiger partial charge in [0.05, 0.1) is 0 Å². The monoisotopic (exact) mass is 275 g/mol. The van der Waals surface area contributed by atoms with Gasteiger partial charge >= 0.3 is 0 Å². The van der Waals surface area contributed by atoms with E-state index in [0.717, 1.165) is 32.5 Å². The summed E-state index contributed by atoms with van der Waals surface area (Å²) in [7, 11) is 0. The summed E-state index contributed by atoms with van der Waals surface area (Å²) < 4.78 is 0. The Bertz CT molecular complexity index is 471. The third-order valence-corrected chi connectivity index (χ3v) is 4.85. The molecule has 2 aliphatic heterocycles. The molecule has 1 spiro atoms. The van der Waals surface area contributed by atoms with Crippen molar-refractivity contribution >= 4 is 5.91 Å². The molecule has 0 radical (unpaired) electrons. The first kappa shape index (κ1) is 13.5. The van der Waals surface area contributed by atoms with Crippen LogP contribution in [0.25, 0.3) is 0 Å². The van der Waals surface area contributed by atoms with E-state index < -0.39 is 0 Å². The van der Waals surface area contributed by atoms with Crippen LogP contribution in [0.1, 0.15) is 23.2 Å². The van der Waals surface area contributed by atoms with Crippen molar-refractivity contribution in [1.82, 2.24) is 15.2 Å². The average molecular weight is 275 g/mol. The van der Waals surface area contributed by atoms with Gasteiger partial charge in [-0.15, -0.1) is 0 Å². The highest BCUT2D eigenvalue weighted by molar-refractivity contribution is 5.94. The summed E-state index contributed by atoms with van der Waals surface area (Å²) in [4.78, 5) is 18.4. The van der Waals surface area contributed by atoms with E-state index in [4.69, 9.17) is 0 Å². The first-order valence-electron chi connectivity index (χ1n) is 7.26. The molecule has 108 valence electrons. The predicted octanol–water partition coefficient (Wildman–Crippen LogP) is 0.516. The van der Waals surface area contributed by atoms with Crippen molar-refractivity contribution in [2.75, 3.05) is 32.8 Å². The molecular formula is C15H21N3O2. The molecular weight excluding hydrogens is 254 g/mol. The molecule has 0 aliphatic carbocycles. The Morgan fingerprint density at radius 1 is 1.40 bits per heavy atom. The lowest BCUT2D eigenvalue weighted by Crippen LogP contribution is -2.43. The second-order valence-electron chi connectivity index (χ2n) is 5.91. The molecule has 2 saturated heterocycles. The lowest BCUT2D eigenvalue weighted by atomic mass is 9.71. The summed E-state index contributed by atoms with van der Waals surface area (Å²) in [6, 6.07) is 3.51. The number of aliphatic hydroxyl groups excluding tert-OH is 1. The zero-order chi connectivity index (χ0) is 14.0. The van der Waals surface area contributed by atoms with Gasteiger partial charge in [-0.25, -0.2) is 0 Å². The van der Waals surface area contributed by atoms with E-state index >= 15 is 0 Å². The lowest BCUT2D eigenvalue weighted by molar-refractivity contribution is 0.0755. The highest BCUT2D eigenvalue weighted by Gasteiger charge is 2.47. The number of carbonyl (C=O) groups excluding carboxylic acids is 1. The third-order valence-electron chi connectivity index (χ3n) is 4.85. The van der Waals surface area contributed by atoms with Gasteiger partial charge in [-0.2, -0.15) is 0 Å². The summed E-state index contributed by atoms with van der Waals surface area (Å²) >= 11 is 0. The van der Waals surface area contributed by atoms with Gasteiger partial charge in [0.1, 0.15) is 0 Å². The molecule has 2 N–H and O–H groups in total. The van der Waals surface area contributed by atoms with Gasteiger partial charge in [0.15, 0.2) is 0 Å². The van der Waals surface area contributed by atoms with Crippen LogP contribution >= 0.6 is 0 Å². The molecule has 2 aliphatic rings. The van der Waals surface area contributed by atoms with E-state index in [1.165, 1.54) is 0 Å². The minimum absolute atomic E-state index is 0.0567. The molecule has 3 rings (SSSR count). The van der Waals surface area contributed by atoms with Crippen molar-refractivity contribution in [2.45, 2.75) is 12.8 Å². The topological polar surface area (TPSA) is 65.5 Å². The van der Waals surface area contributed by atoms with Crippen molar-refractivity contribution in [3.05, 3.63) is 30.1 Å². The Kier molecular flexibility index (Phi) is 3.72. The fraction of sp³-hybridized carbons (Fsp3) is 0.600. The molecule has 3 heterocycles. The Labute approximate surface area is 119 Å². The number of amides is 1. The second kappa shape index (κ2) is 5.50. The largest absolute Gasteiger partial charge is 0.396 e. The van der Waals surface area contributed by atoms with Crippen molar-refractivity contribution in [1.29, 1.82) is 0 Å². The number of carbonyl (C=O) groups is 1. The maximum atomic E-state index is 12.5. The number of hydrogen-bond acceptors (Lipinski definition) is 4. The third kappa shape index (κ3) is 2.31. The molecule has 5 nitrogen and oxygen atoms in total. The summed E-state index contributed by atoms with van der Waals surface area (Å²) in [5, 5.41) is 13.0. The molecule has 1 unspecified atom stereocenters. The molecule has 1 amide bonds. The quantitative estimate of drug-likeness (QED) is 0.825. The first-order valence-corrected chi connectivity index (χ1v) is 7.26. The van der Waals surface area contributed by atoms with Crippen molar-refractivity contribution < 1.29 is 9.90 Å². The van der Waals surface area contributed by atoms with Gasteiger partial charge in [0.2, 0.25) is 0 Å². The number of rotatable bonds is 2. The van der Waals surface area contributed by atoms with Crippen LogP contribution < -0.4 is 5.32 Å². The molecule has 0 saturated carbocycles. The Morgan fingerprint density at radius 2 is 2.10 bits per heavy atom. The van der Waals surface area contributed by atoms with Crippen molar-refractivity contribution in [3.63, 3.8) is 0 Å². The number of nitrogens with one attached hydrogen (secondary N) is 1. The number of aliphatic hydroxyl groups is 1. The molecule has 5 heteroatoms. The maximum Gasteiger partial charge on any atom is 0.253 e. The van der Waals surface area contributed by atoms with Gasteiger partial charge in [0.25, 0.3) is 5.91 Å². The van der Waals surface area contributed by atoms with Crippen LogP contribution in [-0.2, 0) is 0 Å². The SMILES string of the molecule is O=C(c1ccncc1)N1CC(CO)C2(CCNCC2)C1. The fourth-order valence-electron chi connectivity index (χ4n) is 3.61. The van der Waals surface area contributed by atoms with Crippen LogP contribution in [-0.4, -0.2) is 53.7 Å². The summed E-state index contributed by atoms with van der Waals surface area (Å²) in [6.07, 6.45) is 5.37. The zero-order valence-corrected chi connectivity index (χ0v) is 11.6. The highest BCUT2D eigenvalue weighted by Crippen LogP contribution is 2.43. The number of likely N-dealkylation sites (tertiary alicyclic amines) is 1. The smallest absolute Gasteiger partial charge is 0.253 e. The van der Waals surface area contributed by atoms with E-state index in [1.54, 1.807) is 24.5 Å². The molecule has 2 fully saturated rings. The fourth-order valence-corrected chi connectivity index (χ4v) is 3.61. The molecule has 20 heavy (non-hydrogen) atoms. The van der Waals surface area contributed by atoms with Crippen LogP contribution in [0.15, 0.2) is 24.5 Å². The molecule has 0 bridgehead atoms. The zero-order valence-electron chi connectivity index (χ0n) is 11.6. The van der Waals surface area contributed by atoms with Crippen LogP contribution in [0.2, 0.25) is 0 Å². The summed E-state index contributed by atoms with van der Waals surface area (Å²) in [6.45, 7) is 3.56. The van der Waals surface area contributed by atoms with Crippen LogP contribution in [0.4, 0.5) is 0 Å². The Morgan fingerprint density at radius 3 is 2.75 bits per heavy atom. The predicted molar refractivity (Wildman–Crippen MR) is 75.3 cm³/mol. The standard InChI is InChI=1S/C15H21N3O2/c19-10-13-9-18(11-15(13)3-7-17-8-4-15)14(20)12-1-5-16-6-2-12/h1-2,5-6,13,17,19H,3-4,7-11H2. The van der Waals surface area contributed by atoms with Gasteiger partial charge in [-0.3, -0.25) is 9.78 Å². The Balaban J connectivity index is 1.78. The molecule has 1 aromatic heterocycles. The minimum Gasteiger partial charge on any atom is -0.396 e.